The van der Waals surface area contributed by atoms with Gasteiger partial charge in [-0.2, -0.15) is 0 Å². The molecule has 0 atom stereocenters. The summed E-state index contributed by atoms with van der Waals surface area (Å²) in [4.78, 5) is 8.57. The van der Waals surface area contributed by atoms with Gasteiger partial charge in [0.1, 0.15) is 12.0 Å². The Morgan fingerprint density at radius 3 is 2.82 bits per heavy atom. The van der Waals surface area contributed by atoms with Crippen LogP contribution in [0.1, 0.15) is 11.3 Å². The average Bonchev–Trinajstić information content (AvgIpc) is 3.08. The maximum Gasteiger partial charge on any atom is 0.191 e. The SMILES string of the molecule is CN=C(NCc1ccon1)NCc1ccnc2ccccc12. The maximum atomic E-state index is 4.80. The molecule has 0 bridgehead atoms. The van der Waals surface area contributed by atoms with E-state index in [2.05, 4.69) is 31.8 Å². The van der Waals surface area contributed by atoms with Gasteiger partial charge in [-0.3, -0.25) is 9.98 Å². The van der Waals surface area contributed by atoms with Crippen LogP contribution in [0.15, 0.2) is 58.4 Å². The zero-order valence-corrected chi connectivity index (χ0v) is 12.3. The standard InChI is InChI=1S/C16H17N5O/c1-17-16(20-11-13-7-9-22-21-13)19-10-12-6-8-18-15-5-3-2-4-14(12)15/h2-9H,10-11H2,1H3,(H2,17,19,20). The topological polar surface area (TPSA) is 75.3 Å². The smallest absolute Gasteiger partial charge is 0.191 e. The first-order valence-corrected chi connectivity index (χ1v) is 7.03. The molecule has 0 aliphatic rings. The Morgan fingerprint density at radius 2 is 2.00 bits per heavy atom. The number of guanidine groups is 1. The number of hydrogen-bond acceptors (Lipinski definition) is 4. The van der Waals surface area contributed by atoms with Gasteiger partial charge in [0.25, 0.3) is 0 Å². The Balaban J connectivity index is 1.64. The third kappa shape index (κ3) is 3.22. The molecule has 0 unspecified atom stereocenters. The van der Waals surface area contributed by atoms with E-state index in [9.17, 15) is 0 Å². The fraction of sp³-hybridized carbons (Fsp3) is 0.188. The van der Waals surface area contributed by atoms with Crippen LogP contribution in [0.3, 0.4) is 0 Å². The summed E-state index contributed by atoms with van der Waals surface area (Å²) in [5.74, 6) is 0.712. The van der Waals surface area contributed by atoms with E-state index >= 15 is 0 Å². The van der Waals surface area contributed by atoms with E-state index in [1.807, 2.05) is 36.5 Å². The Hall–Kier alpha value is -2.89. The van der Waals surface area contributed by atoms with Gasteiger partial charge >= 0.3 is 0 Å². The predicted octanol–water partition coefficient (Wildman–Crippen LogP) is 2.09. The molecule has 22 heavy (non-hydrogen) atoms. The number of aliphatic imine (C=N–C) groups is 1. The number of nitrogens with zero attached hydrogens (tertiary/aromatic N) is 3. The molecular weight excluding hydrogens is 278 g/mol. The highest BCUT2D eigenvalue weighted by Gasteiger charge is 2.04. The number of benzene rings is 1. The molecular formula is C16H17N5O. The van der Waals surface area contributed by atoms with Crippen LogP contribution < -0.4 is 10.6 Å². The maximum absolute atomic E-state index is 4.80. The lowest BCUT2D eigenvalue weighted by Crippen LogP contribution is -2.36. The summed E-state index contributed by atoms with van der Waals surface area (Å²) < 4.78 is 4.80. The molecule has 6 heteroatoms. The molecule has 0 spiro atoms. The molecule has 112 valence electrons. The molecule has 0 fully saturated rings. The first-order valence-electron chi connectivity index (χ1n) is 7.03. The molecule has 0 saturated carbocycles. The van der Waals surface area contributed by atoms with Crippen LogP contribution in [-0.2, 0) is 13.1 Å². The highest BCUT2D eigenvalue weighted by atomic mass is 16.5. The lowest BCUT2D eigenvalue weighted by Gasteiger charge is -2.12. The summed E-state index contributed by atoms with van der Waals surface area (Å²) >= 11 is 0. The van der Waals surface area contributed by atoms with Crippen molar-refractivity contribution in [3.8, 4) is 0 Å². The van der Waals surface area contributed by atoms with E-state index in [0.717, 1.165) is 16.6 Å². The number of fused-ring (bicyclic) bond motifs is 1. The van der Waals surface area contributed by atoms with E-state index in [1.165, 1.54) is 5.56 Å². The van der Waals surface area contributed by atoms with Crippen LogP contribution in [0.25, 0.3) is 10.9 Å². The van der Waals surface area contributed by atoms with Gasteiger partial charge in [0, 0.05) is 31.2 Å². The highest BCUT2D eigenvalue weighted by molar-refractivity contribution is 5.83. The molecule has 2 heterocycles. The second kappa shape index (κ2) is 6.71. The van der Waals surface area contributed by atoms with Crippen LogP contribution in [-0.4, -0.2) is 23.1 Å². The summed E-state index contributed by atoms with van der Waals surface area (Å²) in [6.07, 6.45) is 3.38. The number of pyridine rings is 1. The quantitative estimate of drug-likeness (QED) is 0.569. The van der Waals surface area contributed by atoms with E-state index in [1.54, 1.807) is 13.3 Å². The average molecular weight is 295 g/mol. The minimum Gasteiger partial charge on any atom is -0.364 e. The molecule has 0 amide bonds. The molecule has 2 N–H and O–H groups in total. The Bertz CT molecular complexity index is 762. The van der Waals surface area contributed by atoms with Gasteiger partial charge < -0.3 is 15.2 Å². The molecule has 6 nitrogen and oxygen atoms in total. The van der Waals surface area contributed by atoms with Gasteiger partial charge in [-0.15, -0.1) is 0 Å². The summed E-state index contributed by atoms with van der Waals surface area (Å²) in [5, 5.41) is 11.5. The van der Waals surface area contributed by atoms with Gasteiger partial charge in [0.2, 0.25) is 0 Å². The van der Waals surface area contributed by atoms with E-state index in [-0.39, 0.29) is 0 Å². The number of rotatable bonds is 4. The van der Waals surface area contributed by atoms with Crippen molar-refractivity contribution in [3.05, 3.63) is 60.1 Å². The number of hydrogen-bond donors (Lipinski definition) is 2. The summed E-state index contributed by atoms with van der Waals surface area (Å²) in [7, 11) is 1.74. The van der Waals surface area contributed by atoms with E-state index < -0.39 is 0 Å². The van der Waals surface area contributed by atoms with Crippen molar-refractivity contribution in [1.29, 1.82) is 0 Å². The minimum atomic E-state index is 0.563. The predicted molar refractivity (Wildman–Crippen MR) is 85.3 cm³/mol. The first kappa shape index (κ1) is 14.1. The zero-order chi connectivity index (χ0) is 15.2. The normalized spacial score (nSPS) is 11.6. The third-order valence-electron chi connectivity index (χ3n) is 3.34. The molecule has 0 aliphatic carbocycles. The van der Waals surface area contributed by atoms with E-state index in [4.69, 9.17) is 4.52 Å². The fourth-order valence-corrected chi connectivity index (χ4v) is 2.21. The number of nitrogens with one attached hydrogen (secondary N) is 2. The van der Waals surface area contributed by atoms with Crippen LogP contribution in [0.4, 0.5) is 0 Å². The van der Waals surface area contributed by atoms with Crippen molar-refractivity contribution < 1.29 is 4.52 Å². The van der Waals surface area contributed by atoms with Crippen molar-refractivity contribution in [2.75, 3.05) is 7.05 Å². The number of aromatic nitrogens is 2. The largest absolute Gasteiger partial charge is 0.364 e. The number of para-hydroxylation sites is 1. The summed E-state index contributed by atoms with van der Waals surface area (Å²) in [6.45, 7) is 1.23. The Labute approximate surface area is 128 Å². The van der Waals surface area contributed by atoms with Gasteiger partial charge in [-0.25, -0.2) is 0 Å². The molecule has 3 rings (SSSR count). The zero-order valence-electron chi connectivity index (χ0n) is 12.3. The molecule has 1 aromatic carbocycles. The minimum absolute atomic E-state index is 0.563. The molecule has 0 aliphatic heterocycles. The summed E-state index contributed by atoms with van der Waals surface area (Å²) in [5.41, 5.74) is 3.00. The van der Waals surface area contributed by atoms with Gasteiger partial charge in [-0.1, -0.05) is 23.4 Å². The van der Waals surface area contributed by atoms with Gasteiger partial charge in [0.05, 0.1) is 12.1 Å². The monoisotopic (exact) mass is 295 g/mol. The second-order valence-corrected chi connectivity index (χ2v) is 4.76. The second-order valence-electron chi connectivity index (χ2n) is 4.76. The van der Waals surface area contributed by atoms with Crippen molar-refractivity contribution in [2.45, 2.75) is 13.1 Å². The Morgan fingerprint density at radius 1 is 1.14 bits per heavy atom. The van der Waals surface area contributed by atoms with Crippen molar-refractivity contribution in [3.63, 3.8) is 0 Å². The van der Waals surface area contributed by atoms with Gasteiger partial charge in [0.15, 0.2) is 5.96 Å². The highest BCUT2D eigenvalue weighted by Crippen LogP contribution is 2.15. The molecule has 0 radical (unpaired) electrons. The van der Waals surface area contributed by atoms with Crippen molar-refractivity contribution in [2.24, 2.45) is 4.99 Å². The van der Waals surface area contributed by atoms with E-state index in [0.29, 0.717) is 19.0 Å². The molecule has 0 saturated heterocycles. The third-order valence-corrected chi connectivity index (χ3v) is 3.34. The van der Waals surface area contributed by atoms with Crippen LogP contribution in [0, 0.1) is 0 Å². The molecule has 2 aromatic heterocycles. The van der Waals surface area contributed by atoms with Gasteiger partial charge in [-0.05, 0) is 17.7 Å². The van der Waals surface area contributed by atoms with Crippen molar-refractivity contribution in [1.82, 2.24) is 20.8 Å². The lowest BCUT2D eigenvalue weighted by molar-refractivity contribution is 0.410. The van der Waals surface area contributed by atoms with Crippen LogP contribution in [0.2, 0.25) is 0 Å². The molecule has 3 aromatic rings. The van der Waals surface area contributed by atoms with Crippen molar-refractivity contribution >= 4 is 16.9 Å². The lowest BCUT2D eigenvalue weighted by atomic mass is 10.1. The Kier molecular flexibility index (Phi) is 4.29. The van der Waals surface area contributed by atoms with Crippen LogP contribution >= 0.6 is 0 Å². The fourth-order valence-electron chi connectivity index (χ4n) is 2.21. The van der Waals surface area contributed by atoms with Crippen LogP contribution in [0.5, 0.6) is 0 Å². The first-order chi connectivity index (χ1) is 10.9. The summed E-state index contributed by atoms with van der Waals surface area (Å²) in [6, 6.07) is 11.9.